The first-order valence-electron chi connectivity index (χ1n) is 7.64. The van der Waals surface area contributed by atoms with Gasteiger partial charge < -0.3 is 9.09 Å². The predicted molar refractivity (Wildman–Crippen MR) is 94.4 cm³/mol. The summed E-state index contributed by atoms with van der Waals surface area (Å²) in [5.41, 5.74) is -1.30. The molecule has 1 aromatic carbocycles. The minimum Gasteiger partial charge on any atom is -0.354 e. The highest BCUT2D eigenvalue weighted by atomic mass is 32.2. The molecule has 3 rings (SSSR count). The molecule has 0 amide bonds. The van der Waals surface area contributed by atoms with Gasteiger partial charge in [-0.05, 0) is 19.1 Å². The molecule has 142 valence electrons. The number of anilines is 1. The van der Waals surface area contributed by atoms with E-state index >= 15 is 0 Å². The normalized spacial score (nSPS) is 11.6. The largest absolute Gasteiger partial charge is 0.354 e. The van der Waals surface area contributed by atoms with Crippen LogP contribution < -0.4 is 16.0 Å². The van der Waals surface area contributed by atoms with E-state index in [1.165, 1.54) is 39.2 Å². The van der Waals surface area contributed by atoms with Crippen LogP contribution in [-0.4, -0.2) is 22.7 Å². The van der Waals surface area contributed by atoms with Crippen LogP contribution in [-0.2, 0) is 24.1 Å². The lowest BCUT2D eigenvalue weighted by Crippen LogP contribution is -2.40. The summed E-state index contributed by atoms with van der Waals surface area (Å²) >= 11 is 0. The van der Waals surface area contributed by atoms with Crippen molar-refractivity contribution in [3.05, 3.63) is 62.7 Å². The van der Waals surface area contributed by atoms with Gasteiger partial charge in [0.2, 0.25) is 0 Å². The Morgan fingerprint density at radius 3 is 2.52 bits per heavy atom. The summed E-state index contributed by atoms with van der Waals surface area (Å²) in [6.07, 6.45) is 0.917. The molecule has 11 heteroatoms. The number of hydrogen-bond acceptors (Lipinski definition) is 6. The Kier molecular flexibility index (Phi) is 4.47. The van der Waals surface area contributed by atoms with E-state index in [0.29, 0.717) is 4.57 Å². The topological polar surface area (TPSA) is 116 Å². The van der Waals surface area contributed by atoms with Crippen LogP contribution in [0.4, 0.5) is 10.2 Å². The van der Waals surface area contributed by atoms with Gasteiger partial charge in [-0.2, -0.15) is 0 Å². The number of sulfonamides is 1. The lowest BCUT2D eigenvalue weighted by molar-refractivity contribution is 0.432. The maximum absolute atomic E-state index is 13.9. The van der Waals surface area contributed by atoms with Crippen LogP contribution in [0.2, 0.25) is 0 Å². The van der Waals surface area contributed by atoms with E-state index in [2.05, 4.69) is 9.88 Å². The van der Waals surface area contributed by atoms with Crippen LogP contribution >= 0.6 is 0 Å². The molecule has 9 nitrogen and oxygen atoms in total. The molecule has 1 N–H and O–H groups in total. The third kappa shape index (κ3) is 3.16. The summed E-state index contributed by atoms with van der Waals surface area (Å²) in [6, 6.07) is 5.79. The second-order valence-electron chi connectivity index (χ2n) is 5.82. The fourth-order valence-corrected chi connectivity index (χ4v) is 3.69. The van der Waals surface area contributed by atoms with Crippen molar-refractivity contribution in [3.63, 3.8) is 0 Å². The minimum atomic E-state index is -4.37. The first kappa shape index (κ1) is 18.6. The number of hydrogen-bond donors (Lipinski definition) is 1. The van der Waals surface area contributed by atoms with Gasteiger partial charge in [0, 0.05) is 25.9 Å². The molecule has 3 aromatic rings. The smallest absolute Gasteiger partial charge is 0.330 e. The first-order valence-corrected chi connectivity index (χ1v) is 9.12. The Balaban J connectivity index is 2.05. The monoisotopic (exact) mass is 394 g/mol. The SMILES string of the molecule is Cc1c(NS(=O)(=O)c2cn(C)c(=O)n(C)c2=O)noc1-c1ccccc1F. The van der Waals surface area contributed by atoms with Crippen molar-refractivity contribution in [3.8, 4) is 11.3 Å². The zero-order valence-corrected chi connectivity index (χ0v) is 15.4. The number of aryl methyl sites for hydroxylation is 1. The Hall–Kier alpha value is -3.21. The highest BCUT2D eigenvalue weighted by Gasteiger charge is 2.25. The number of halogens is 1. The van der Waals surface area contributed by atoms with E-state index in [9.17, 15) is 22.4 Å². The maximum Gasteiger partial charge on any atom is 0.330 e. The summed E-state index contributed by atoms with van der Waals surface area (Å²) in [4.78, 5) is 23.3. The number of rotatable bonds is 4. The molecule has 0 atom stereocenters. The number of aromatic nitrogens is 3. The van der Waals surface area contributed by atoms with Crippen molar-refractivity contribution < 1.29 is 17.3 Å². The third-order valence-corrected chi connectivity index (χ3v) is 5.30. The minimum absolute atomic E-state index is 0.0548. The molecule has 0 bridgehead atoms. The Bertz CT molecular complexity index is 1260. The molecule has 0 unspecified atom stereocenters. The number of nitrogens with zero attached hydrogens (tertiary/aromatic N) is 3. The lowest BCUT2D eigenvalue weighted by Gasteiger charge is -2.08. The van der Waals surface area contributed by atoms with Gasteiger partial charge in [-0.3, -0.25) is 14.1 Å². The summed E-state index contributed by atoms with van der Waals surface area (Å²) < 4.78 is 48.0. The second-order valence-corrected chi connectivity index (χ2v) is 7.47. The van der Waals surface area contributed by atoms with E-state index in [0.717, 1.165) is 10.8 Å². The van der Waals surface area contributed by atoms with Crippen molar-refractivity contribution >= 4 is 15.8 Å². The van der Waals surface area contributed by atoms with Crippen LogP contribution in [0.3, 0.4) is 0 Å². The highest BCUT2D eigenvalue weighted by molar-refractivity contribution is 7.92. The third-order valence-electron chi connectivity index (χ3n) is 3.98. The number of nitrogens with one attached hydrogen (secondary N) is 1. The van der Waals surface area contributed by atoms with Crippen molar-refractivity contribution in [1.29, 1.82) is 0 Å². The van der Waals surface area contributed by atoms with Crippen LogP contribution in [0.25, 0.3) is 11.3 Å². The van der Waals surface area contributed by atoms with Gasteiger partial charge in [-0.15, -0.1) is 0 Å². The highest BCUT2D eigenvalue weighted by Crippen LogP contribution is 2.30. The van der Waals surface area contributed by atoms with Crippen LogP contribution in [0.1, 0.15) is 5.56 Å². The molecule has 0 fully saturated rings. The Labute approximate surface area is 152 Å². The van der Waals surface area contributed by atoms with Gasteiger partial charge in [0.15, 0.2) is 16.5 Å². The van der Waals surface area contributed by atoms with Gasteiger partial charge in [0.1, 0.15) is 5.82 Å². The van der Waals surface area contributed by atoms with Gasteiger partial charge in [0.05, 0.1) is 5.56 Å². The predicted octanol–water partition coefficient (Wildman–Crippen LogP) is 0.987. The van der Waals surface area contributed by atoms with E-state index < -0.39 is 32.0 Å². The Morgan fingerprint density at radius 1 is 1.19 bits per heavy atom. The zero-order valence-electron chi connectivity index (χ0n) is 14.6. The summed E-state index contributed by atoms with van der Waals surface area (Å²) in [5, 5.41) is 3.63. The lowest BCUT2D eigenvalue weighted by atomic mass is 10.1. The number of benzene rings is 1. The molecular formula is C16H15FN4O5S. The molecule has 0 radical (unpaired) electrons. The van der Waals surface area contributed by atoms with Crippen molar-refractivity contribution in [1.82, 2.24) is 14.3 Å². The molecular weight excluding hydrogens is 379 g/mol. The average Bonchev–Trinajstić information content (AvgIpc) is 2.96. The van der Waals surface area contributed by atoms with E-state index in [1.807, 2.05) is 0 Å². The molecule has 0 saturated carbocycles. The quantitative estimate of drug-likeness (QED) is 0.705. The Morgan fingerprint density at radius 2 is 1.85 bits per heavy atom. The summed E-state index contributed by atoms with van der Waals surface area (Å²) in [6.45, 7) is 1.50. The van der Waals surface area contributed by atoms with E-state index in [-0.39, 0.29) is 22.7 Å². The first-order chi connectivity index (χ1) is 12.6. The molecule has 0 aliphatic carbocycles. The second kappa shape index (κ2) is 6.50. The van der Waals surface area contributed by atoms with Crippen LogP contribution in [0.5, 0.6) is 0 Å². The van der Waals surface area contributed by atoms with Gasteiger partial charge in [-0.25, -0.2) is 17.6 Å². The molecule has 2 aromatic heterocycles. The van der Waals surface area contributed by atoms with Gasteiger partial charge >= 0.3 is 5.69 Å². The maximum atomic E-state index is 13.9. The van der Waals surface area contributed by atoms with Crippen LogP contribution in [0, 0.1) is 12.7 Å². The molecule has 0 aliphatic heterocycles. The summed E-state index contributed by atoms with van der Waals surface area (Å²) in [5.74, 6) is -0.693. The summed E-state index contributed by atoms with van der Waals surface area (Å²) in [7, 11) is -1.88. The van der Waals surface area contributed by atoms with Gasteiger partial charge in [-0.1, -0.05) is 17.3 Å². The van der Waals surface area contributed by atoms with Crippen molar-refractivity contribution in [2.75, 3.05) is 4.72 Å². The van der Waals surface area contributed by atoms with Crippen molar-refractivity contribution in [2.45, 2.75) is 11.8 Å². The molecule has 0 aliphatic rings. The van der Waals surface area contributed by atoms with Crippen LogP contribution in [0.15, 0.2) is 49.5 Å². The molecule has 0 saturated heterocycles. The van der Waals surface area contributed by atoms with E-state index in [4.69, 9.17) is 4.52 Å². The fraction of sp³-hybridized carbons (Fsp3) is 0.188. The standard InChI is InChI=1S/C16H15FN4O5S/c1-9-13(10-6-4-5-7-11(10)17)26-18-14(9)19-27(24,25)12-8-20(2)16(23)21(3)15(12)22/h4-8H,1-3H3,(H,18,19). The molecule has 2 heterocycles. The average molecular weight is 394 g/mol. The molecule has 27 heavy (non-hydrogen) atoms. The van der Waals surface area contributed by atoms with E-state index in [1.54, 1.807) is 6.07 Å². The fourth-order valence-electron chi connectivity index (χ4n) is 2.47. The van der Waals surface area contributed by atoms with Gasteiger partial charge in [0.25, 0.3) is 15.6 Å². The zero-order chi connectivity index (χ0) is 19.9. The van der Waals surface area contributed by atoms with Crippen molar-refractivity contribution in [2.24, 2.45) is 14.1 Å². The molecule has 0 spiro atoms.